The molecule has 630 valence electrons. The Balaban J connectivity index is 1.45. The molecule has 0 unspecified atom stereocenters. The Labute approximate surface area is 663 Å². The number of aliphatic hydroxyl groups excluding tert-OH is 1. The lowest BCUT2D eigenvalue weighted by Gasteiger charge is -2.28. The standard InChI is InChI=1S/C72H114N24O18/c1-39(2)26-49(65(107)92-51(28-43-16-8-7-9-17-43)61(103)81-34-57(100)87-46(20-14-24-80-72(76)77)63(105)90-48(71(113)114)19-11-13-23-74)88-58(101)35-82-62(104)52(29-44-32-78-37-84-44)93-66(108)50(27-40(3)4)91-68(110)54(31-56(75)99)94-69(111)55-21-15-25-96(55)59(102)36-83-70(112)60(41(5)97)95-64(106)47(18-10-12-22-73)89-67(109)53(86-42(6)98)30-45-33-79-38-85-45/h7-9,16-17,32-33,37-41,46-55,60,97H,10-15,18-31,34-36,73-74H2,1-6H3,(H2,75,99)(H,78,84)(H,79,85)(H,81,103)(H,82,104)(H,83,112)(H,86,98)(H,87,100)(H,88,101)(H,89,109)(H,90,105)(H,91,110)(H,92,107)(H,93,108)(H,94,111)(H,95,106)(H,113,114)(H4,76,77,80)/t41-,46+,47+,48+,49+,50+,51+,52+,53+,54+,55+,60+/m1/s1/i6D3. The Hall–Kier alpha value is -11.7. The Morgan fingerprint density at radius 1 is 0.535 bits per heavy atom. The summed E-state index contributed by atoms with van der Waals surface area (Å²) < 4.78 is 22.5. The van der Waals surface area contributed by atoms with Crippen LogP contribution in [0.5, 0.6) is 0 Å². The summed E-state index contributed by atoms with van der Waals surface area (Å²) in [5, 5.41) is 52.6. The number of unbranched alkanes of at least 4 members (excludes halogenated alkanes) is 2. The zero-order valence-electron chi connectivity index (χ0n) is 67.6. The lowest BCUT2D eigenvalue weighted by Crippen LogP contribution is -2.60. The Kier molecular flexibility index (Phi) is 39.0. The van der Waals surface area contributed by atoms with Crippen molar-refractivity contribution in [3.05, 3.63) is 72.3 Å². The number of primary amides is 1. The maximum atomic E-state index is 14.4. The van der Waals surface area contributed by atoms with Crippen LogP contribution in [0.15, 0.2) is 60.4 Å². The van der Waals surface area contributed by atoms with Crippen molar-refractivity contribution < 1.29 is 91.0 Å². The number of carboxylic acid groups (broad SMARTS) is 1. The maximum Gasteiger partial charge on any atom is 0.326 e. The number of carboxylic acids is 1. The summed E-state index contributed by atoms with van der Waals surface area (Å²) in [6.45, 7) is 3.05. The zero-order chi connectivity index (χ0) is 87.1. The second kappa shape index (κ2) is 49.6. The van der Waals surface area contributed by atoms with Crippen molar-refractivity contribution in [2.45, 2.75) is 217 Å². The predicted molar refractivity (Wildman–Crippen MR) is 411 cm³/mol. The average molecular weight is 1610 g/mol. The van der Waals surface area contributed by atoms with Crippen LogP contribution in [0.3, 0.4) is 0 Å². The summed E-state index contributed by atoms with van der Waals surface area (Å²) in [7, 11) is 0. The first-order valence-electron chi connectivity index (χ1n) is 39.1. The fraction of sp³-hybridized carbons (Fsp3) is 0.597. The van der Waals surface area contributed by atoms with Gasteiger partial charge in [0, 0.05) is 67.1 Å². The number of nitrogens with zero attached hydrogens (tertiary/aromatic N) is 4. The van der Waals surface area contributed by atoms with Gasteiger partial charge in [-0.3, -0.25) is 76.9 Å². The third-order valence-electron chi connectivity index (χ3n) is 17.8. The van der Waals surface area contributed by atoms with Crippen LogP contribution >= 0.6 is 0 Å². The number of benzene rings is 1. The van der Waals surface area contributed by atoms with E-state index in [0.717, 1.165) is 11.8 Å². The highest BCUT2D eigenvalue weighted by Crippen LogP contribution is 2.19. The van der Waals surface area contributed by atoms with E-state index in [0.29, 0.717) is 42.8 Å². The van der Waals surface area contributed by atoms with Gasteiger partial charge in [-0.25, -0.2) is 14.8 Å². The number of guanidine groups is 1. The van der Waals surface area contributed by atoms with Gasteiger partial charge in [-0.05, 0) is 114 Å². The SMILES string of the molecule is [2H]C([2H])([2H])C(=O)N[C@@H](Cc1cnc[nH]1)C(=O)N[C@@H](CCCCN)C(=O)N[C@H](C(=O)NCC(=O)N1CCC[C@H]1C(=O)N[C@@H](CC(N)=O)C(=O)N[C@@H](CC(C)C)C(=O)N[C@@H](Cc1cnc[nH]1)C(=O)NCC(=O)N[C@@H](CC(C)C)C(=O)N[C@@H](Cc1ccccc1)C(=O)NCC(=O)N[C@@H](CCCN=C(N)N)C(=O)N[C@@H](CCCCN)C(=O)O)[C@@H](C)O. The highest BCUT2D eigenvalue weighted by Gasteiger charge is 2.40. The number of likely N-dealkylation sites (tertiary alicyclic amines) is 1. The largest absolute Gasteiger partial charge is 0.480 e. The van der Waals surface area contributed by atoms with Crippen LogP contribution in [0.25, 0.3) is 0 Å². The van der Waals surface area contributed by atoms with E-state index < -0.39 is 200 Å². The third kappa shape index (κ3) is 34.9. The number of aliphatic imine (C=N–C) groups is 1. The van der Waals surface area contributed by atoms with Crippen molar-refractivity contribution in [2.24, 2.45) is 45.5 Å². The number of carbonyl (C=O) groups excluding carboxylic acids is 15. The molecular weight excluding hydrogens is 1490 g/mol. The third-order valence-corrected chi connectivity index (χ3v) is 17.8. The number of hydrogen-bond acceptors (Lipinski definition) is 22. The molecule has 42 heteroatoms. The van der Waals surface area contributed by atoms with Crippen LogP contribution in [0.2, 0.25) is 0 Å². The molecule has 0 bridgehead atoms. The number of carbonyl (C=O) groups is 16. The molecule has 0 aliphatic carbocycles. The molecule has 114 heavy (non-hydrogen) atoms. The summed E-state index contributed by atoms with van der Waals surface area (Å²) in [6.07, 6.45) is 3.81. The van der Waals surface area contributed by atoms with E-state index in [9.17, 15) is 86.9 Å². The van der Waals surface area contributed by atoms with E-state index >= 15 is 0 Å². The van der Waals surface area contributed by atoms with Gasteiger partial charge in [0.2, 0.25) is 88.6 Å². The maximum absolute atomic E-state index is 14.4. The van der Waals surface area contributed by atoms with Gasteiger partial charge in [-0.1, -0.05) is 58.0 Å². The molecule has 4 rings (SSSR count). The van der Waals surface area contributed by atoms with Gasteiger partial charge in [-0.2, -0.15) is 0 Å². The van der Waals surface area contributed by atoms with Gasteiger partial charge in [0.05, 0.1) is 44.8 Å². The van der Waals surface area contributed by atoms with Gasteiger partial charge in [0.25, 0.3) is 0 Å². The molecule has 1 aromatic carbocycles. The minimum Gasteiger partial charge on any atom is -0.480 e. The van der Waals surface area contributed by atoms with Crippen LogP contribution in [0.1, 0.15) is 146 Å². The number of H-pyrrole nitrogens is 2. The van der Waals surface area contributed by atoms with Gasteiger partial charge < -0.3 is 123 Å². The number of aromatic nitrogens is 4. The van der Waals surface area contributed by atoms with Crippen molar-refractivity contribution in [1.82, 2.24) is 94.0 Å². The van der Waals surface area contributed by atoms with Crippen LogP contribution in [-0.2, 0) is 96.0 Å². The van der Waals surface area contributed by atoms with E-state index in [4.69, 9.17) is 32.8 Å². The number of imidazole rings is 2. The molecule has 3 heterocycles. The molecule has 0 radical (unpaired) electrons. The quantitative estimate of drug-likeness (QED) is 0.0142. The van der Waals surface area contributed by atoms with Crippen molar-refractivity contribution in [1.29, 1.82) is 0 Å². The number of nitrogens with one attached hydrogen (secondary N) is 15. The molecule has 1 aliphatic rings. The van der Waals surface area contributed by atoms with Crippen LogP contribution in [0.4, 0.5) is 0 Å². The predicted octanol–water partition coefficient (Wildman–Crippen LogP) is -6.89. The first-order chi connectivity index (χ1) is 55.3. The molecule has 0 saturated carbocycles. The Morgan fingerprint density at radius 3 is 1.50 bits per heavy atom. The number of amides is 15. The smallest absolute Gasteiger partial charge is 0.326 e. The van der Waals surface area contributed by atoms with E-state index in [1.807, 2.05) is 0 Å². The molecule has 2 aromatic heterocycles. The lowest BCUT2D eigenvalue weighted by molar-refractivity contribution is -0.142. The highest BCUT2D eigenvalue weighted by atomic mass is 16.4. The van der Waals surface area contributed by atoms with Gasteiger partial charge in [0.1, 0.15) is 66.5 Å². The molecule has 1 saturated heterocycles. The topological polar surface area (TPSA) is 673 Å². The van der Waals surface area contributed by atoms with Crippen LogP contribution in [-0.4, -0.2) is 254 Å². The summed E-state index contributed by atoms with van der Waals surface area (Å²) in [5.74, 6) is -16.9. The molecule has 42 nitrogen and oxygen atoms in total. The minimum atomic E-state index is -3.15. The minimum absolute atomic E-state index is 0.00466. The Bertz CT molecular complexity index is 3830. The summed E-state index contributed by atoms with van der Waals surface area (Å²) >= 11 is 0. The van der Waals surface area contributed by atoms with Gasteiger partial charge >= 0.3 is 5.97 Å². The molecule has 1 fully saturated rings. The summed E-state index contributed by atoms with van der Waals surface area (Å²) in [5.41, 5.74) is 28.9. The fourth-order valence-corrected chi connectivity index (χ4v) is 12.0. The molecule has 3 aromatic rings. The number of rotatable bonds is 52. The van der Waals surface area contributed by atoms with E-state index in [2.05, 4.69) is 94.0 Å². The lowest BCUT2D eigenvalue weighted by atomic mass is 10.0. The highest BCUT2D eigenvalue weighted by molar-refractivity contribution is 6.00. The van der Waals surface area contributed by atoms with E-state index in [-0.39, 0.29) is 114 Å². The van der Waals surface area contributed by atoms with E-state index in [1.165, 1.54) is 25.0 Å². The number of hydrogen-bond donors (Lipinski definition) is 22. The van der Waals surface area contributed by atoms with Gasteiger partial charge in [0.15, 0.2) is 5.96 Å². The van der Waals surface area contributed by atoms with Crippen LogP contribution < -0.4 is 97.8 Å². The molecule has 1 aliphatic heterocycles. The van der Waals surface area contributed by atoms with Crippen LogP contribution in [0, 0.1) is 11.8 Å². The molecule has 0 spiro atoms. The fourth-order valence-electron chi connectivity index (χ4n) is 12.0. The number of aliphatic carboxylic acids is 1. The second-order valence-corrected chi connectivity index (χ2v) is 28.3. The molecule has 12 atom stereocenters. The Morgan fingerprint density at radius 2 is 0.991 bits per heavy atom. The van der Waals surface area contributed by atoms with Crippen molar-refractivity contribution in [3.8, 4) is 0 Å². The first kappa shape index (κ1) is 89.5. The monoisotopic (exact) mass is 1610 g/mol. The van der Waals surface area contributed by atoms with Crippen molar-refractivity contribution in [2.75, 3.05) is 45.8 Å². The van der Waals surface area contributed by atoms with Crippen molar-refractivity contribution in [3.63, 3.8) is 0 Å². The molecule has 27 N–H and O–H groups in total. The first-order valence-corrected chi connectivity index (χ1v) is 37.6. The van der Waals surface area contributed by atoms with E-state index in [1.54, 1.807) is 58.0 Å². The van der Waals surface area contributed by atoms with Gasteiger partial charge in [-0.15, -0.1) is 0 Å². The number of nitrogens with two attached hydrogens (primary N) is 5. The molecule has 15 amide bonds. The zero-order valence-corrected chi connectivity index (χ0v) is 64.6. The molecular formula is C72H114N24O18. The second-order valence-electron chi connectivity index (χ2n) is 28.3. The number of aliphatic hydroxyl groups is 1. The average Bonchev–Trinajstić information content (AvgIpc) is 1.79. The summed E-state index contributed by atoms with van der Waals surface area (Å²) in [4.78, 5) is 237. The normalized spacial score (nSPS) is 15.8. The van der Waals surface area contributed by atoms with Crippen molar-refractivity contribution >= 4 is 101 Å². The number of aromatic amines is 2. The summed E-state index contributed by atoms with van der Waals surface area (Å²) in [6, 6.07) is -7.78.